The van der Waals surface area contributed by atoms with Crippen LogP contribution in [0.4, 0.5) is 0 Å². The molecule has 2 bridgehead atoms. The van der Waals surface area contributed by atoms with E-state index in [1.807, 2.05) is 0 Å². The number of nitrogens with zero attached hydrogens (tertiary/aromatic N) is 1. The van der Waals surface area contributed by atoms with Crippen molar-refractivity contribution in [2.24, 2.45) is 28.9 Å². The van der Waals surface area contributed by atoms with Gasteiger partial charge in [0.2, 0.25) is 0 Å². The van der Waals surface area contributed by atoms with Crippen LogP contribution in [0.15, 0.2) is 0 Å². The minimum Gasteiger partial charge on any atom is -0.330 e. The van der Waals surface area contributed by atoms with Crippen molar-refractivity contribution >= 4 is 0 Å². The zero-order valence-corrected chi connectivity index (χ0v) is 12.6. The van der Waals surface area contributed by atoms with E-state index >= 15 is 0 Å². The molecule has 2 N–H and O–H groups in total. The Balaban J connectivity index is 1.79. The zero-order chi connectivity index (χ0) is 13.2. The van der Waals surface area contributed by atoms with Gasteiger partial charge in [0.25, 0.3) is 0 Å². The van der Waals surface area contributed by atoms with Gasteiger partial charge in [-0.05, 0) is 62.4 Å². The molecular weight excluding hydrogens is 220 g/mol. The third kappa shape index (κ3) is 3.27. The van der Waals surface area contributed by atoms with Gasteiger partial charge in [-0.2, -0.15) is 0 Å². The summed E-state index contributed by atoms with van der Waals surface area (Å²) in [5.74, 6) is 3.11. The van der Waals surface area contributed by atoms with Gasteiger partial charge in [-0.15, -0.1) is 0 Å². The van der Waals surface area contributed by atoms with E-state index in [9.17, 15) is 0 Å². The summed E-state index contributed by atoms with van der Waals surface area (Å²) in [6.45, 7) is 7.92. The van der Waals surface area contributed by atoms with Gasteiger partial charge in [-0.1, -0.05) is 26.7 Å². The summed E-state index contributed by atoms with van der Waals surface area (Å²) in [5, 5.41) is 0. The lowest BCUT2D eigenvalue weighted by atomic mass is 9.84. The summed E-state index contributed by atoms with van der Waals surface area (Å²) in [4.78, 5) is 2.56. The van der Waals surface area contributed by atoms with Crippen LogP contribution in [0, 0.1) is 23.2 Å². The first-order valence-corrected chi connectivity index (χ1v) is 7.95. The van der Waals surface area contributed by atoms with Gasteiger partial charge in [0.15, 0.2) is 0 Å². The highest BCUT2D eigenvalue weighted by Gasteiger charge is 2.40. The van der Waals surface area contributed by atoms with Crippen molar-refractivity contribution in [3.63, 3.8) is 0 Å². The molecule has 0 heterocycles. The third-order valence-electron chi connectivity index (χ3n) is 5.43. The molecule has 2 rings (SSSR count). The minimum absolute atomic E-state index is 0.321. The van der Waals surface area contributed by atoms with E-state index in [1.54, 1.807) is 0 Å². The minimum atomic E-state index is 0.321. The lowest BCUT2D eigenvalue weighted by Crippen LogP contribution is -2.41. The number of hydrogen-bond donors (Lipinski definition) is 1. The molecule has 0 saturated heterocycles. The van der Waals surface area contributed by atoms with Crippen molar-refractivity contribution in [3.05, 3.63) is 0 Å². The highest BCUT2D eigenvalue weighted by Crippen LogP contribution is 2.48. The van der Waals surface area contributed by atoms with E-state index in [2.05, 4.69) is 25.8 Å². The first kappa shape index (κ1) is 14.3. The van der Waals surface area contributed by atoms with Gasteiger partial charge in [-0.3, -0.25) is 0 Å². The van der Waals surface area contributed by atoms with Gasteiger partial charge in [0, 0.05) is 13.1 Å². The first-order valence-electron chi connectivity index (χ1n) is 7.95. The average Bonchev–Trinajstić information content (AvgIpc) is 2.91. The smallest absolute Gasteiger partial charge is 0.00445 e. The molecule has 2 aliphatic carbocycles. The summed E-state index contributed by atoms with van der Waals surface area (Å²) in [6, 6.07) is 0. The predicted molar refractivity (Wildman–Crippen MR) is 78.5 cm³/mol. The molecule has 18 heavy (non-hydrogen) atoms. The zero-order valence-electron chi connectivity index (χ0n) is 12.6. The maximum Gasteiger partial charge on any atom is 0.00445 e. The Hall–Kier alpha value is -0.0800. The SMILES string of the molecule is CCCC(C)(CN)CN(C)CC1CC2CCC1C2. The van der Waals surface area contributed by atoms with Crippen LogP contribution >= 0.6 is 0 Å². The molecule has 2 fully saturated rings. The second kappa shape index (κ2) is 5.92. The molecule has 4 atom stereocenters. The Morgan fingerprint density at radius 2 is 2.06 bits per heavy atom. The fourth-order valence-electron chi connectivity index (χ4n) is 4.57. The van der Waals surface area contributed by atoms with Gasteiger partial charge in [0.05, 0.1) is 0 Å². The van der Waals surface area contributed by atoms with Crippen LogP contribution in [-0.4, -0.2) is 31.6 Å². The molecule has 0 aliphatic heterocycles. The first-order chi connectivity index (χ1) is 8.56. The maximum absolute atomic E-state index is 5.98. The standard InChI is InChI=1S/C16H32N2/c1-4-7-16(2,11-17)12-18(3)10-15-9-13-5-6-14(15)8-13/h13-15H,4-12,17H2,1-3H3. The molecule has 2 nitrogen and oxygen atoms in total. The molecule has 0 radical (unpaired) electrons. The number of nitrogens with two attached hydrogens (primary N) is 1. The van der Waals surface area contributed by atoms with Crippen molar-refractivity contribution in [2.75, 3.05) is 26.7 Å². The van der Waals surface area contributed by atoms with Crippen LogP contribution in [0.25, 0.3) is 0 Å². The summed E-state index contributed by atoms with van der Waals surface area (Å²) in [5.41, 5.74) is 6.30. The second-order valence-electron chi connectivity index (χ2n) is 7.40. The van der Waals surface area contributed by atoms with Crippen molar-refractivity contribution in [2.45, 2.75) is 52.4 Å². The molecule has 0 amide bonds. The van der Waals surface area contributed by atoms with Gasteiger partial charge in [-0.25, -0.2) is 0 Å². The summed E-state index contributed by atoms with van der Waals surface area (Å²) in [6.07, 6.45) is 8.55. The normalized spacial score (nSPS) is 34.2. The fourth-order valence-corrected chi connectivity index (χ4v) is 4.57. The monoisotopic (exact) mass is 252 g/mol. The van der Waals surface area contributed by atoms with Crippen molar-refractivity contribution in [1.29, 1.82) is 0 Å². The van der Waals surface area contributed by atoms with E-state index < -0.39 is 0 Å². The molecule has 2 saturated carbocycles. The average molecular weight is 252 g/mol. The van der Waals surface area contributed by atoms with Gasteiger partial charge in [0.1, 0.15) is 0 Å². The highest BCUT2D eigenvalue weighted by molar-refractivity contribution is 4.91. The van der Waals surface area contributed by atoms with Gasteiger partial charge < -0.3 is 10.6 Å². The Bertz CT molecular complexity index is 266. The van der Waals surface area contributed by atoms with Crippen molar-refractivity contribution < 1.29 is 0 Å². The molecule has 0 aromatic carbocycles. The van der Waals surface area contributed by atoms with E-state index in [1.165, 1.54) is 51.6 Å². The number of rotatable bonds is 7. The van der Waals surface area contributed by atoms with E-state index in [-0.39, 0.29) is 0 Å². The molecule has 106 valence electrons. The van der Waals surface area contributed by atoms with Crippen LogP contribution in [0.5, 0.6) is 0 Å². The van der Waals surface area contributed by atoms with Gasteiger partial charge >= 0.3 is 0 Å². The molecule has 0 spiro atoms. The van der Waals surface area contributed by atoms with E-state index in [0.29, 0.717) is 5.41 Å². The van der Waals surface area contributed by atoms with E-state index in [0.717, 1.165) is 24.3 Å². The molecular formula is C16H32N2. The van der Waals surface area contributed by atoms with Crippen LogP contribution in [0.2, 0.25) is 0 Å². The van der Waals surface area contributed by atoms with Crippen LogP contribution in [-0.2, 0) is 0 Å². The Labute approximate surface area is 113 Å². The van der Waals surface area contributed by atoms with Crippen LogP contribution in [0.3, 0.4) is 0 Å². The second-order valence-corrected chi connectivity index (χ2v) is 7.40. The Morgan fingerprint density at radius 1 is 1.28 bits per heavy atom. The molecule has 4 unspecified atom stereocenters. The lowest BCUT2D eigenvalue weighted by molar-refractivity contribution is 0.148. The molecule has 0 aromatic heterocycles. The molecule has 0 aromatic rings. The predicted octanol–water partition coefficient (Wildman–Crippen LogP) is 3.12. The number of fused-ring (bicyclic) bond motifs is 2. The third-order valence-corrected chi connectivity index (χ3v) is 5.43. The van der Waals surface area contributed by atoms with Crippen LogP contribution in [0.1, 0.15) is 52.4 Å². The van der Waals surface area contributed by atoms with Crippen molar-refractivity contribution in [3.8, 4) is 0 Å². The quantitative estimate of drug-likeness (QED) is 0.754. The lowest BCUT2D eigenvalue weighted by Gasteiger charge is -2.35. The Kier molecular flexibility index (Phi) is 4.71. The highest BCUT2D eigenvalue weighted by atomic mass is 15.1. The topological polar surface area (TPSA) is 29.3 Å². The van der Waals surface area contributed by atoms with E-state index in [4.69, 9.17) is 5.73 Å². The maximum atomic E-state index is 5.98. The summed E-state index contributed by atoms with van der Waals surface area (Å²) < 4.78 is 0. The Morgan fingerprint density at radius 3 is 2.56 bits per heavy atom. The van der Waals surface area contributed by atoms with Crippen molar-refractivity contribution in [1.82, 2.24) is 4.90 Å². The van der Waals surface area contributed by atoms with Crippen LogP contribution < -0.4 is 5.73 Å². The largest absolute Gasteiger partial charge is 0.330 e. The molecule has 2 aliphatic rings. The number of hydrogen-bond acceptors (Lipinski definition) is 2. The summed E-state index contributed by atoms with van der Waals surface area (Å²) in [7, 11) is 2.30. The molecule has 2 heteroatoms. The fraction of sp³-hybridized carbons (Fsp3) is 1.00. The summed E-state index contributed by atoms with van der Waals surface area (Å²) >= 11 is 0.